The third-order valence-electron chi connectivity index (χ3n) is 5.81. The average molecular weight is 474 g/mol. The minimum atomic E-state index is -0.406. The largest absolute Gasteiger partial charge is 0.493 e. The van der Waals surface area contributed by atoms with Crippen molar-refractivity contribution in [1.29, 1.82) is 0 Å². The number of nitrogens with one attached hydrogen (secondary N) is 1. The fourth-order valence-corrected chi connectivity index (χ4v) is 4.16. The normalized spacial score (nSPS) is 12.7. The lowest BCUT2D eigenvalue weighted by molar-refractivity contribution is 0.256. The van der Waals surface area contributed by atoms with Crippen LogP contribution in [0, 0.1) is 5.82 Å². The van der Waals surface area contributed by atoms with E-state index in [1.807, 2.05) is 12.1 Å². The van der Waals surface area contributed by atoms with Gasteiger partial charge in [-0.05, 0) is 60.9 Å². The SMILES string of the molecule is COc1cc2ncnc(Oc3ccc4c(c3)CCCN4C(=O)Nc3cccc(F)c3)c2cc1OC. The third kappa shape index (κ3) is 4.52. The van der Waals surface area contributed by atoms with Crippen molar-refractivity contribution in [2.45, 2.75) is 12.8 Å². The van der Waals surface area contributed by atoms with Gasteiger partial charge in [-0.2, -0.15) is 0 Å². The summed E-state index contributed by atoms with van der Waals surface area (Å²) in [6, 6.07) is 14.6. The lowest BCUT2D eigenvalue weighted by Crippen LogP contribution is -2.38. The number of methoxy groups -OCH3 is 2. The maximum Gasteiger partial charge on any atom is 0.326 e. The highest BCUT2D eigenvalue weighted by molar-refractivity contribution is 6.02. The molecular weight excluding hydrogens is 451 g/mol. The van der Waals surface area contributed by atoms with Crippen LogP contribution in [0.2, 0.25) is 0 Å². The molecular formula is C26H23FN4O4. The molecule has 5 rings (SSSR count). The van der Waals surface area contributed by atoms with Crippen molar-refractivity contribution >= 4 is 28.3 Å². The van der Waals surface area contributed by atoms with Crippen molar-refractivity contribution in [2.24, 2.45) is 0 Å². The molecule has 0 unspecified atom stereocenters. The molecule has 1 aromatic heterocycles. The van der Waals surface area contributed by atoms with Crippen LogP contribution < -0.4 is 24.4 Å². The van der Waals surface area contributed by atoms with Crippen molar-refractivity contribution < 1.29 is 23.4 Å². The molecule has 1 aliphatic rings. The third-order valence-corrected chi connectivity index (χ3v) is 5.81. The number of hydrogen-bond acceptors (Lipinski definition) is 6. The molecule has 0 saturated heterocycles. The lowest BCUT2D eigenvalue weighted by Gasteiger charge is -2.30. The number of halogens is 1. The number of benzene rings is 3. The van der Waals surface area contributed by atoms with E-state index >= 15 is 0 Å². The quantitative estimate of drug-likeness (QED) is 0.407. The van der Waals surface area contributed by atoms with Crippen LogP contribution >= 0.6 is 0 Å². The predicted octanol–water partition coefficient (Wildman–Crippen LogP) is 5.56. The molecule has 178 valence electrons. The first-order valence-corrected chi connectivity index (χ1v) is 11.1. The molecule has 2 amide bonds. The number of urea groups is 1. The molecule has 0 aliphatic carbocycles. The second-order valence-corrected chi connectivity index (χ2v) is 7.99. The number of fused-ring (bicyclic) bond motifs is 2. The Morgan fingerprint density at radius 2 is 1.86 bits per heavy atom. The molecule has 9 heteroatoms. The molecule has 0 fully saturated rings. The van der Waals surface area contributed by atoms with Crippen molar-refractivity contribution in [1.82, 2.24) is 9.97 Å². The zero-order chi connectivity index (χ0) is 24.4. The average Bonchev–Trinajstić information content (AvgIpc) is 2.87. The van der Waals surface area contributed by atoms with Gasteiger partial charge in [-0.1, -0.05) is 6.07 Å². The van der Waals surface area contributed by atoms with Gasteiger partial charge in [0.2, 0.25) is 5.88 Å². The van der Waals surface area contributed by atoms with Gasteiger partial charge in [0, 0.05) is 24.0 Å². The zero-order valence-electron chi connectivity index (χ0n) is 19.2. The van der Waals surface area contributed by atoms with Crippen molar-refractivity contribution in [3.63, 3.8) is 0 Å². The number of anilines is 2. The molecule has 0 saturated carbocycles. The second-order valence-electron chi connectivity index (χ2n) is 7.99. The van der Waals surface area contributed by atoms with Gasteiger partial charge >= 0.3 is 6.03 Å². The first-order valence-electron chi connectivity index (χ1n) is 11.1. The summed E-state index contributed by atoms with van der Waals surface area (Å²) in [5.41, 5.74) is 2.83. The van der Waals surface area contributed by atoms with Gasteiger partial charge in [-0.15, -0.1) is 0 Å². The van der Waals surface area contributed by atoms with Gasteiger partial charge in [-0.3, -0.25) is 4.90 Å². The number of ether oxygens (including phenoxy) is 3. The first kappa shape index (κ1) is 22.4. The second kappa shape index (κ2) is 9.46. The fraction of sp³-hybridized carbons (Fsp3) is 0.192. The molecule has 2 heterocycles. The Kier molecular flexibility index (Phi) is 6.05. The lowest BCUT2D eigenvalue weighted by atomic mass is 10.0. The summed E-state index contributed by atoms with van der Waals surface area (Å²) >= 11 is 0. The van der Waals surface area contributed by atoms with Crippen LogP contribution in [0.4, 0.5) is 20.6 Å². The van der Waals surface area contributed by atoms with E-state index in [0.717, 1.165) is 24.1 Å². The monoisotopic (exact) mass is 474 g/mol. The van der Waals surface area contributed by atoms with Gasteiger partial charge in [0.05, 0.1) is 25.1 Å². The van der Waals surface area contributed by atoms with Crippen LogP contribution in [-0.4, -0.2) is 36.8 Å². The molecule has 35 heavy (non-hydrogen) atoms. The molecule has 3 aromatic carbocycles. The molecule has 4 aromatic rings. The molecule has 0 atom stereocenters. The summed E-state index contributed by atoms with van der Waals surface area (Å²) in [5, 5.41) is 3.44. The summed E-state index contributed by atoms with van der Waals surface area (Å²) in [5.74, 6) is 1.68. The fourth-order valence-electron chi connectivity index (χ4n) is 4.16. The Balaban J connectivity index is 1.41. The van der Waals surface area contributed by atoms with Crippen LogP contribution in [0.5, 0.6) is 23.1 Å². The van der Waals surface area contributed by atoms with Crippen LogP contribution in [0.1, 0.15) is 12.0 Å². The molecule has 1 aliphatic heterocycles. The predicted molar refractivity (Wildman–Crippen MR) is 130 cm³/mol. The maximum atomic E-state index is 13.5. The summed E-state index contributed by atoms with van der Waals surface area (Å²) in [6.07, 6.45) is 3.02. The number of amides is 2. The van der Waals surface area contributed by atoms with Crippen molar-refractivity contribution in [3.8, 4) is 23.1 Å². The summed E-state index contributed by atoms with van der Waals surface area (Å²) in [7, 11) is 3.13. The minimum Gasteiger partial charge on any atom is -0.493 e. The van der Waals surface area contributed by atoms with E-state index in [2.05, 4.69) is 15.3 Å². The first-order chi connectivity index (χ1) is 17.1. The summed E-state index contributed by atoms with van der Waals surface area (Å²) in [6.45, 7) is 0.562. The van der Waals surface area contributed by atoms with Crippen LogP contribution in [0.15, 0.2) is 60.9 Å². The van der Waals surface area contributed by atoms with E-state index in [1.54, 1.807) is 49.5 Å². The smallest absolute Gasteiger partial charge is 0.326 e. The van der Waals surface area contributed by atoms with Gasteiger partial charge < -0.3 is 19.5 Å². The zero-order valence-corrected chi connectivity index (χ0v) is 19.2. The number of aryl methyl sites for hydroxylation is 1. The van der Waals surface area contributed by atoms with Crippen molar-refractivity contribution in [3.05, 3.63) is 72.3 Å². The van der Waals surface area contributed by atoms with E-state index in [-0.39, 0.29) is 6.03 Å². The topological polar surface area (TPSA) is 85.8 Å². The number of carbonyl (C=O) groups is 1. The van der Waals surface area contributed by atoms with Gasteiger partial charge in [0.15, 0.2) is 11.5 Å². The van der Waals surface area contributed by atoms with Crippen LogP contribution in [0.3, 0.4) is 0 Å². The number of carbonyl (C=O) groups excluding carboxylic acids is 1. The highest BCUT2D eigenvalue weighted by Gasteiger charge is 2.23. The standard InChI is InChI=1S/C26H23FN4O4/c1-33-23-13-20-21(14-24(23)34-2)28-15-29-25(20)35-19-8-9-22-16(11-19)5-4-10-31(22)26(32)30-18-7-3-6-17(27)12-18/h3,6-9,11-15H,4-5,10H2,1-2H3,(H,30,32). The van der Waals surface area contributed by atoms with E-state index in [4.69, 9.17) is 14.2 Å². The van der Waals surface area contributed by atoms with Gasteiger partial charge in [0.25, 0.3) is 0 Å². The molecule has 0 bridgehead atoms. The Labute approximate surface area is 201 Å². The van der Waals surface area contributed by atoms with E-state index in [1.165, 1.54) is 18.5 Å². The molecule has 0 spiro atoms. The number of nitrogens with zero attached hydrogens (tertiary/aromatic N) is 3. The van der Waals surface area contributed by atoms with E-state index in [9.17, 15) is 9.18 Å². The highest BCUT2D eigenvalue weighted by Crippen LogP contribution is 2.37. The molecule has 0 radical (unpaired) electrons. The van der Waals surface area contributed by atoms with Gasteiger partial charge in [-0.25, -0.2) is 19.2 Å². The van der Waals surface area contributed by atoms with E-state index in [0.29, 0.717) is 46.3 Å². The Morgan fingerprint density at radius 3 is 2.66 bits per heavy atom. The van der Waals surface area contributed by atoms with Crippen LogP contribution in [-0.2, 0) is 6.42 Å². The minimum absolute atomic E-state index is 0.312. The number of rotatable bonds is 5. The summed E-state index contributed by atoms with van der Waals surface area (Å²) in [4.78, 5) is 23.2. The molecule has 1 N–H and O–H groups in total. The number of aromatic nitrogens is 2. The Morgan fingerprint density at radius 1 is 1.03 bits per heavy atom. The van der Waals surface area contributed by atoms with Gasteiger partial charge in [0.1, 0.15) is 17.9 Å². The van der Waals surface area contributed by atoms with E-state index < -0.39 is 5.82 Å². The van der Waals surface area contributed by atoms with Crippen LogP contribution in [0.25, 0.3) is 10.9 Å². The summed E-state index contributed by atoms with van der Waals surface area (Å²) < 4.78 is 30.4. The van der Waals surface area contributed by atoms with Crippen molar-refractivity contribution in [2.75, 3.05) is 31.0 Å². The maximum absolute atomic E-state index is 13.5. The Bertz CT molecular complexity index is 1410. The Hall–Kier alpha value is -4.40. The number of hydrogen-bond donors (Lipinski definition) is 1. The molecule has 8 nitrogen and oxygen atoms in total. The highest BCUT2D eigenvalue weighted by atomic mass is 19.1.